The van der Waals surface area contributed by atoms with Gasteiger partial charge < -0.3 is 10.2 Å². The van der Waals surface area contributed by atoms with Gasteiger partial charge in [0.25, 0.3) is 5.91 Å². The number of thiophene rings is 1. The number of piperidine rings is 1. The first-order valence-electron chi connectivity index (χ1n) is 8.36. The summed E-state index contributed by atoms with van der Waals surface area (Å²) in [5.41, 5.74) is 2.83. The molecule has 7 nitrogen and oxygen atoms in total. The number of aromatic nitrogens is 4. The van der Waals surface area contributed by atoms with E-state index >= 15 is 0 Å². The molecular formula is C17H20N6OS. The lowest BCUT2D eigenvalue weighted by atomic mass is 10.0. The molecule has 1 saturated heterocycles. The molecule has 1 fully saturated rings. The molecule has 1 N–H and O–H groups in total. The standard InChI is InChI=1S/C17H20N6OS/c1-11-9-25-15-14(11)18-10-19-16(15)23-7-4-12(5-8-23)21-17(24)13-3-6-20-22(13)2/h3,6,9-10,12H,4-5,7-8H2,1-2H3,(H,21,24). The molecule has 0 bridgehead atoms. The summed E-state index contributed by atoms with van der Waals surface area (Å²) in [4.78, 5) is 23.5. The highest BCUT2D eigenvalue weighted by molar-refractivity contribution is 7.18. The predicted molar refractivity (Wildman–Crippen MR) is 98.1 cm³/mol. The fraction of sp³-hybridized carbons (Fsp3) is 0.412. The van der Waals surface area contributed by atoms with Crippen molar-refractivity contribution in [3.8, 4) is 0 Å². The topological polar surface area (TPSA) is 75.9 Å². The van der Waals surface area contributed by atoms with Gasteiger partial charge in [-0.1, -0.05) is 0 Å². The van der Waals surface area contributed by atoms with Crippen LogP contribution in [0.25, 0.3) is 10.2 Å². The summed E-state index contributed by atoms with van der Waals surface area (Å²) in [7, 11) is 1.78. The predicted octanol–water partition coefficient (Wildman–Crippen LogP) is 2.13. The van der Waals surface area contributed by atoms with Gasteiger partial charge >= 0.3 is 0 Å². The van der Waals surface area contributed by atoms with E-state index in [0.29, 0.717) is 5.69 Å². The van der Waals surface area contributed by atoms with Crippen molar-refractivity contribution in [3.63, 3.8) is 0 Å². The summed E-state index contributed by atoms with van der Waals surface area (Å²) in [6.07, 6.45) is 5.09. The van der Waals surface area contributed by atoms with Crippen LogP contribution in [0.1, 0.15) is 28.9 Å². The molecule has 0 spiro atoms. The zero-order valence-electron chi connectivity index (χ0n) is 14.3. The molecule has 0 aromatic carbocycles. The van der Waals surface area contributed by atoms with Crippen molar-refractivity contribution < 1.29 is 4.79 Å². The van der Waals surface area contributed by atoms with Crippen LogP contribution in [0.3, 0.4) is 0 Å². The zero-order chi connectivity index (χ0) is 17.4. The highest BCUT2D eigenvalue weighted by atomic mass is 32.1. The summed E-state index contributed by atoms with van der Waals surface area (Å²) in [6, 6.07) is 1.92. The lowest BCUT2D eigenvalue weighted by molar-refractivity contribution is 0.0921. The minimum atomic E-state index is -0.0586. The number of rotatable bonds is 3. The van der Waals surface area contributed by atoms with E-state index in [9.17, 15) is 4.79 Å². The molecule has 3 aromatic heterocycles. The third kappa shape index (κ3) is 2.97. The van der Waals surface area contributed by atoms with Gasteiger partial charge in [-0.2, -0.15) is 5.10 Å². The van der Waals surface area contributed by atoms with Crippen LogP contribution >= 0.6 is 11.3 Å². The second-order valence-corrected chi connectivity index (χ2v) is 7.25. The Hall–Kier alpha value is -2.48. The molecule has 3 aromatic rings. The van der Waals surface area contributed by atoms with Gasteiger partial charge in [0.2, 0.25) is 0 Å². The number of aryl methyl sites for hydroxylation is 2. The number of amides is 1. The van der Waals surface area contributed by atoms with Crippen LogP contribution in [0.4, 0.5) is 5.82 Å². The van der Waals surface area contributed by atoms with Crippen molar-refractivity contribution in [3.05, 3.63) is 35.2 Å². The summed E-state index contributed by atoms with van der Waals surface area (Å²) >= 11 is 1.70. The number of hydrogen-bond donors (Lipinski definition) is 1. The maximum absolute atomic E-state index is 12.3. The number of fused-ring (bicyclic) bond motifs is 1. The Bertz CT molecular complexity index is 909. The van der Waals surface area contributed by atoms with Gasteiger partial charge in [-0.25, -0.2) is 9.97 Å². The Morgan fingerprint density at radius 1 is 1.32 bits per heavy atom. The molecule has 8 heteroatoms. The molecule has 0 saturated carbocycles. The first-order chi connectivity index (χ1) is 12.1. The van der Waals surface area contributed by atoms with Crippen LogP contribution in [-0.2, 0) is 7.05 Å². The quantitative estimate of drug-likeness (QED) is 0.778. The van der Waals surface area contributed by atoms with Crippen molar-refractivity contribution in [2.45, 2.75) is 25.8 Å². The number of carbonyl (C=O) groups excluding carboxylic acids is 1. The molecule has 0 aliphatic carbocycles. The minimum Gasteiger partial charge on any atom is -0.355 e. The van der Waals surface area contributed by atoms with Gasteiger partial charge in [0.1, 0.15) is 17.8 Å². The maximum atomic E-state index is 12.3. The van der Waals surface area contributed by atoms with Gasteiger partial charge in [-0.3, -0.25) is 9.48 Å². The van der Waals surface area contributed by atoms with E-state index in [1.54, 1.807) is 41.7 Å². The SMILES string of the molecule is Cc1csc2c(N3CCC(NC(=O)c4ccnn4C)CC3)ncnc12. The lowest BCUT2D eigenvalue weighted by Gasteiger charge is -2.33. The summed E-state index contributed by atoms with van der Waals surface area (Å²) in [5, 5.41) is 9.30. The van der Waals surface area contributed by atoms with Crippen LogP contribution in [0.2, 0.25) is 0 Å². The number of carbonyl (C=O) groups is 1. The van der Waals surface area contributed by atoms with Crippen LogP contribution in [0.5, 0.6) is 0 Å². The molecule has 130 valence electrons. The van der Waals surface area contributed by atoms with Crippen LogP contribution < -0.4 is 10.2 Å². The Kier molecular flexibility index (Phi) is 4.12. The highest BCUT2D eigenvalue weighted by Gasteiger charge is 2.24. The van der Waals surface area contributed by atoms with E-state index < -0.39 is 0 Å². The van der Waals surface area contributed by atoms with Gasteiger partial charge in [0.05, 0.1) is 10.2 Å². The summed E-state index contributed by atoms with van der Waals surface area (Å²) in [5.74, 6) is 0.955. The largest absolute Gasteiger partial charge is 0.355 e. The molecule has 0 unspecified atom stereocenters. The smallest absolute Gasteiger partial charge is 0.269 e. The monoisotopic (exact) mass is 356 g/mol. The van der Waals surface area contributed by atoms with Crippen molar-refractivity contribution >= 4 is 33.3 Å². The third-order valence-corrected chi connectivity index (χ3v) is 5.78. The van der Waals surface area contributed by atoms with Crippen molar-refractivity contribution in [1.82, 2.24) is 25.1 Å². The molecule has 0 atom stereocenters. The molecule has 4 rings (SSSR count). The molecule has 25 heavy (non-hydrogen) atoms. The van der Waals surface area contributed by atoms with Crippen LogP contribution in [-0.4, -0.2) is 44.8 Å². The van der Waals surface area contributed by atoms with E-state index in [1.165, 1.54) is 5.56 Å². The van der Waals surface area contributed by atoms with Gasteiger partial charge in [-0.05, 0) is 36.8 Å². The van der Waals surface area contributed by atoms with Gasteiger partial charge in [-0.15, -0.1) is 11.3 Å². The second kappa shape index (κ2) is 6.44. The van der Waals surface area contributed by atoms with Gasteiger partial charge in [0, 0.05) is 32.4 Å². The normalized spacial score (nSPS) is 15.7. The van der Waals surface area contributed by atoms with Crippen molar-refractivity contribution in [1.29, 1.82) is 0 Å². The van der Waals surface area contributed by atoms with Crippen LogP contribution in [0, 0.1) is 6.92 Å². The Morgan fingerprint density at radius 2 is 2.12 bits per heavy atom. The molecule has 0 radical (unpaired) electrons. The molecule has 4 heterocycles. The molecular weight excluding hydrogens is 336 g/mol. The number of hydrogen-bond acceptors (Lipinski definition) is 6. The van der Waals surface area contributed by atoms with E-state index in [-0.39, 0.29) is 11.9 Å². The number of nitrogens with one attached hydrogen (secondary N) is 1. The summed E-state index contributed by atoms with van der Waals surface area (Å²) < 4.78 is 2.75. The third-order valence-electron chi connectivity index (χ3n) is 4.70. The number of anilines is 1. The average Bonchev–Trinajstić information content (AvgIpc) is 3.22. The minimum absolute atomic E-state index is 0.0586. The fourth-order valence-electron chi connectivity index (χ4n) is 3.27. The lowest BCUT2D eigenvalue weighted by Crippen LogP contribution is -2.45. The van der Waals surface area contributed by atoms with E-state index in [0.717, 1.165) is 42.0 Å². The first-order valence-corrected chi connectivity index (χ1v) is 9.24. The molecule has 1 aliphatic rings. The van der Waals surface area contributed by atoms with E-state index in [2.05, 4.69) is 37.6 Å². The van der Waals surface area contributed by atoms with Crippen molar-refractivity contribution in [2.75, 3.05) is 18.0 Å². The molecule has 1 aliphatic heterocycles. The Labute approximate surface area is 149 Å². The average molecular weight is 356 g/mol. The summed E-state index contributed by atoms with van der Waals surface area (Å²) in [6.45, 7) is 3.83. The van der Waals surface area contributed by atoms with Crippen molar-refractivity contribution in [2.24, 2.45) is 7.05 Å². The Morgan fingerprint density at radius 3 is 2.84 bits per heavy atom. The van der Waals surface area contributed by atoms with Gasteiger partial charge in [0.15, 0.2) is 0 Å². The number of nitrogens with zero attached hydrogens (tertiary/aromatic N) is 5. The molecule has 1 amide bonds. The van der Waals surface area contributed by atoms with Crippen LogP contribution in [0.15, 0.2) is 24.0 Å². The Balaban J connectivity index is 1.43. The maximum Gasteiger partial charge on any atom is 0.269 e. The fourth-order valence-corrected chi connectivity index (χ4v) is 4.29. The van der Waals surface area contributed by atoms with E-state index in [1.807, 2.05) is 0 Å². The van der Waals surface area contributed by atoms with E-state index in [4.69, 9.17) is 0 Å². The second-order valence-electron chi connectivity index (χ2n) is 6.37. The zero-order valence-corrected chi connectivity index (χ0v) is 15.1. The highest BCUT2D eigenvalue weighted by Crippen LogP contribution is 2.32. The first kappa shape index (κ1) is 16.0.